The number of hydrogen-bond donors (Lipinski definition) is 3. The summed E-state index contributed by atoms with van der Waals surface area (Å²) in [6.07, 6.45) is 2.96. The fraction of sp³-hybridized carbons (Fsp3) is 0.343. The molecule has 3 aromatic carbocycles. The van der Waals surface area contributed by atoms with Crippen molar-refractivity contribution in [1.29, 1.82) is 5.41 Å². The summed E-state index contributed by atoms with van der Waals surface area (Å²) in [5.74, 6) is -1.21. The van der Waals surface area contributed by atoms with Crippen molar-refractivity contribution in [3.63, 3.8) is 0 Å². The molecular formula is C35H41N5O5S. The summed E-state index contributed by atoms with van der Waals surface area (Å²) >= 11 is 0. The lowest BCUT2D eigenvalue weighted by molar-refractivity contribution is -0.155. The summed E-state index contributed by atoms with van der Waals surface area (Å²) in [6.45, 7) is 6.14. The minimum absolute atomic E-state index is 0.0102. The van der Waals surface area contributed by atoms with Crippen LogP contribution in [0.5, 0.6) is 0 Å². The van der Waals surface area contributed by atoms with Crippen LogP contribution in [0.15, 0.2) is 89.3 Å². The molecule has 46 heavy (non-hydrogen) atoms. The minimum Gasteiger partial charge on any atom is -0.464 e. The van der Waals surface area contributed by atoms with E-state index in [1.165, 1.54) is 10.5 Å². The van der Waals surface area contributed by atoms with Gasteiger partial charge in [-0.3, -0.25) is 15.1 Å². The van der Waals surface area contributed by atoms with Gasteiger partial charge >= 0.3 is 5.97 Å². The number of hydrogen-bond acceptors (Lipinski definition) is 7. The number of fused-ring (bicyclic) bond motifs is 1. The molecule has 0 aliphatic carbocycles. The van der Waals surface area contributed by atoms with Crippen LogP contribution in [0.4, 0.5) is 0 Å². The quantitative estimate of drug-likeness (QED) is 0.125. The number of amides is 1. The van der Waals surface area contributed by atoms with Gasteiger partial charge in [-0.2, -0.15) is 4.72 Å². The zero-order valence-corrected chi connectivity index (χ0v) is 27.1. The Labute approximate surface area is 270 Å². The van der Waals surface area contributed by atoms with Gasteiger partial charge in [-0.1, -0.05) is 66.2 Å². The third-order valence-corrected chi connectivity index (χ3v) is 9.94. The van der Waals surface area contributed by atoms with Crippen LogP contribution in [0.1, 0.15) is 48.1 Å². The van der Waals surface area contributed by atoms with Gasteiger partial charge in [0.05, 0.1) is 11.5 Å². The summed E-state index contributed by atoms with van der Waals surface area (Å²) in [7, 11) is -4.17. The monoisotopic (exact) mass is 643 g/mol. The number of esters is 1. The molecule has 2 atom stereocenters. The Morgan fingerprint density at radius 1 is 1.04 bits per heavy atom. The fourth-order valence-electron chi connectivity index (χ4n) is 6.04. The lowest BCUT2D eigenvalue weighted by atomic mass is 9.98. The maximum Gasteiger partial charge on any atom is 0.329 e. The summed E-state index contributed by atoms with van der Waals surface area (Å²) < 4.78 is 35.9. The summed E-state index contributed by atoms with van der Waals surface area (Å²) in [5.41, 5.74) is 11.0. The minimum atomic E-state index is -4.17. The zero-order valence-electron chi connectivity index (χ0n) is 26.2. The van der Waals surface area contributed by atoms with Crippen LogP contribution in [-0.4, -0.2) is 67.7 Å². The summed E-state index contributed by atoms with van der Waals surface area (Å²) in [5, 5.41) is 7.83. The van der Waals surface area contributed by atoms with Gasteiger partial charge in [-0.05, 0) is 73.6 Å². The number of carbonyl (C=O) groups is 2. The van der Waals surface area contributed by atoms with Crippen molar-refractivity contribution < 1.29 is 22.7 Å². The Kier molecular flexibility index (Phi) is 10.4. The van der Waals surface area contributed by atoms with Crippen LogP contribution in [-0.2, 0) is 50.3 Å². The molecular weight excluding hydrogens is 602 g/mol. The molecule has 242 valence electrons. The molecule has 2 aliphatic heterocycles. The number of nitrogens with two attached hydrogens (primary N) is 1. The molecule has 3 aromatic rings. The molecule has 0 fully saturated rings. The van der Waals surface area contributed by atoms with E-state index in [4.69, 9.17) is 15.9 Å². The highest BCUT2D eigenvalue weighted by molar-refractivity contribution is 7.89. The van der Waals surface area contributed by atoms with E-state index in [1.807, 2.05) is 37.3 Å². The normalized spacial score (nSPS) is 17.5. The predicted octanol–water partition coefficient (Wildman–Crippen LogP) is 3.53. The van der Waals surface area contributed by atoms with E-state index in [0.29, 0.717) is 24.1 Å². The van der Waals surface area contributed by atoms with Crippen molar-refractivity contribution >= 4 is 27.7 Å². The van der Waals surface area contributed by atoms with Crippen LogP contribution in [0.3, 0.4) is 0 Å². The van der Waals surface area contributed by atoms with Crippen molar-refractivity contribution in [2.24, 2.45) is 5.73 Å². The number of amidine groups is 1. The highest BCUT2D eigenvalue weighted by Crippen LogP contribution is 2.26. The second-order valence-electron chi connectivity index (χ2n) is 11.9. The molecule has 1 amide bonds. The van der Waals surface area contributed by atoms with Gasteiger partial charge in [-0.25, -0.2) is 13.2 Å². The molecule has 0 unspecified atom stereocenters. The number of nitrogens with one attached hydrogen (secondary N) is 2. The van der Waals surface area contributed by atoms with Crippen LogP contribution >= 0.6 is 0 Å². The Morgan fingerprint density at radius 3 is 2.54 bits per heavy atom. The molecule has 11 heteroatoms. The third-order valence-electron chi connectivity index (χ3n) is 8.47. The van der Waals surface area contributed by atoms with E-state index in [1.54, 1.807) is 43.3 Å². The second-order valence-corrected chi connectivity index (χ2v) is 13.6. The predicted molar refractivity (Wildman–Crippen MR) is 176 cm³/mol. The van der Waals surface area contributed by atoms with Gasteiger partial charge < -0.3 is 15.4 Å². The first-order valence-electron chi connectivity index (χ1n) is 15.5. The standard InChI is InChI=1S/C35H41N5O5S/c1-3-45-35(42)32-18-24(2)14-17-40(32)34(41)31(20-26-10-7-11-28(19-26)33(36)37)38-46(43,44)30-13-12-27-15-16-39(23-29(27)21-30)22-25-8-5-4-6-9-25/h4-14,19,21,31-32,38H,3,15-18,20,22-23H2,1-2H3,(H3,36,37)/t31-,32+/m0/s1. The van der Waals surface area contributed by atoms with Crippen molar-refractivity contribution in [3.05, 3.63) is 112 Å². The molecule has 2 aliphatic rings. The first kappa shape index (κ1) is 33.1. The first-order chi connectivity index (χ1) is 22.0. The molecule has 0 saturated carbocycles. The zero-order chi connectivity index (χ0) is 32.8. The van der Waals surface area contributed by atoms with Crippen molar-refractivity contribution in [2.75, 3.05) is 19.7 Å². The second kappa shape index (κ2) is 14.4. The summed E-state index contributed by atoms with van der Waals surface area (Å²) in [6, 6.07) is 20.0. The van der Waals surface area contributed by atoms with Crippen LogP contribution in [0.2, 0.25) is 0 Å². The lowest BCUT2D eigenvalue weighted by Gasteiger charge is -2.35. The maximum absolute atomic E-state index is 14.2. The van der Waals surface area contributed by atoms with Crippen molar-refractivity contribution in [2.45, 2.75) is 63.2 Å². The van der Waals surface area contributed by atoms with Gasteiger partial charge in [0.25, 0.3) is 0 Å². The number of ether oxygens (including phenoxy) is 1. The first-order valence-corrected chi connectivity index (χ1v) is 17.0. The highest BCUT2D eigenvalue weighted by atomic mass is 32.2. The molecule has 0 spiro atoms. The van der Waals surface area contributed by atoms with E-state index >= 15 is 0 Å². The molecule has 0 radical (unpaired) electrons. The molecule has 5 rings (SSSR count). The lowest BCUT2D eigenvalue weighted by Crippen LogP contribution is -2.56. The largest absolute Gasteiger partial charge is 0.464 e. The van der Waals surface area contributed by atoms with Gasteiger partial charge in [-0.15, -0.1) is 0 Å². The highest BCUT2D eigenvalue weighted by Gasteiger charge is 2.38. The SMILES string of the molecule is CCOC(=O)[C@H]1CC(C)=CCN1C(=O)[C@H](Cc1cccc(C(=N)N)c1)NS(=O)(=O)c1ccc2c(c1)CN(Cc1ccccc1)CC2. The van der Waals surface area contributed by atoms with E-state index in [9.17, 15) is 18.0 Å². The Balaban J connectivity index is 1.43. The Hall–Kier alpha value is -4.32. The van der Waals surface area contributed by atoms with E-state index in [2.05, 4.69) is 21.8 Å². The van der Waals surface area contributed by atoms with E-state index in [-0.39, 0.29) is 30.3 Å². The number of nitrogens with zero attached hydrogens (tertiary/aromatic N) is 2. The topological polar surface area (TPSA) is 146 Å². The Morgan fingerprint density at radius 2 is 1.80 bits per heavy atom. The molecule has 0 bridgehead atoms. The van der Waals surface area contributed by atoms with Crippen LogP contribution in [0, 0.1) is 5.41 Å². The average Bonchev–Trinajstić information content (AvgIpc) is 3.04. The number of nitrogen functional groups attached to an aromatic ring is 1. The van der Waals surface area contributed by atoms with E-state index in [0.717, 1.165) is 36.2 Å². The average molecular weight is 644 g/mol. The smallest absolute Gasteiger partial charge is 0.329 e. The number of sulfonamides is 1. The number of rotatable bonds is 11. The number of carbonyl (C=O) groups excluding carboxylic acids is 2. The van der Waals surface area contributed by atoms with Gasteiger partial charge in [0, 0.05) is 31.7 Å². The van der Waals surface area contributed by atoms with Gasteiger partial charge in [0.15, 0.2) is 0 Å². The van der Waals surface area contributed by atoms with Crippen molar-refractivity contribution in [3.8, 4) is 0 Å². The van der Waals surface area contributed by atoms with E-state index < -0.39 is 34.0 Å². The fourth-order valence-corrected chi connectivity index (χ4v) is 7.28. The van der Waals surface area contributed by atoms with Crippen molar-refractivity contribution in [1.82, 2.24) is 14.5 Å². The molecule has 10 nitrogen and oxygen atoms in total. The van der Waals surface area contributed by atoms with Gasteiger partial charge in [0.2, 0.25) is 15.9 Å². The molecule has 0 aromatic heterocycles. The number of benzene rings is 3. The van der Waals surface area contributed by atoms with Crippen LogP contribution < -0.4 is 10.5 Å². The Bertz CT molecular complexity index is 1740. The molecule has 4 N–H and O–H groups in total. The molecule has 0 saturated heterocycles. The molecule has 2 heterocycles. The van der Waals surface area contributed by atoms with Gasteiger partial charge in [0.1, 0.15) is 17.9 Å². The summed E-state index contributed by atoms with van der Waals surface area (Å²) in [4.78, 5) is 30.9. The van der Waals surface area contributed by atoms with Crippen LogP contribution in [0.25, 0.3) is 0 Å². The maximum atomic E-state index is 14.2. The third kappa shape index (κ3) is 7.90.